The van der Waals surface area contributed by atoms with E-state index >= 15 is 0 Å². The molecule has 0 aliphatic rings. The van der Waals surface area contributed by atoms with Gasteiger partial charge in [-0.1, -0.05) is 19.1 Å². The van der Waals surface area contributed by atoms with E-state index in [1.165, 1.54) is 0 Å². The van der Waals surface area contributed by atoms with Crippen molar-refractivity contribution in [2.45, 2.75) is 44.7 Å². The Morgan fingerprint density at radius 1 is 1.28 bits per heavy atom. The molecule has 0 aromatic heterocycles. The molecule has 0 radical (unpaired) electrons. The highest BCUT2D eigenvalue weighted by Crippen LogP contribution is 2.19. The normalized spacial score (nSPS) is 12.1. The summed E-state index contributed by atoms with van der Waals surface area (Å²) < 4.78 is 27.1. The summed E-state index contributed by atoms with van der Waals surface area (Å²) in [7, 11) is -1.58. The zero-order valence-electron chi connectivity index (χ0n) is 11.4. The fourth-order valence-corrected chi connectivity index (χ4v) is 3.44. The van der Waals surface area contributed by atoms with Crippen LogP contribution in [0.1, 0.15) is 31.9 Å². The van der Waals surface area contributed by atoms with Crippen LogP contribution in [0.15, 0.2) is 23.1 Å². The van der Waals surface area contributed by atoms with Gasteiger partial charge in [0.05, 0.1) is 4.90 Å². The topological polar surface area (TPSA) is 58.2 Å². The zero-order chi connectivity index (χ0) is 13.8. The van der Waals surface area contributed by atoms with E-state index in [0.717, 1.165) is 11.1 Å². The van der Waals surface area contributed by atoms with Crippen LogP contribution in [0.2, 0.25) is 0 Å². The predicted octanol–water partition coefficient (Wildman–Crippen LogP) is 1.66. The Bertz CT molecular complexity index is 496. The third kappa shape index (κ3) is 3.80. The molecule has 0 saturated carbocycles. The number of benzene rings is 1. The lowest BCUT2D eigenvalue weighted by atomic mass is 10.1. The van der Waals surface area contributed by atoms with Crippen LogP contribution in [0.5, 0.6) is 0 Å². The van der Waals surface area contributed by atoms with Crippen LogP contribution in [-0.2, 0) is 23.0 Å². The third-order valence-corrected chi connectivity index (χ3v) is 4.31. The third-order valence-electron chi connectivity index (χ3n) is 2.57. The molecule has 4 nitrogen and oxygen atoms in total. The first kappa shape index (κ1) is 15.1. The van der Waals surface area contributed by atoms with E-state index < -0.39 is 10.0 Å². The van der Waals surface area contributed by atoms with Gasteiger partial charge in [-0.2, -0.15) is 0 Å². The molecule has 2 N–H and O–H groups in total. The Morgan fingerprint density at radius 2 is 1.94 bits per heavy atom. The molecule has 0 spiro atoms. The second kappa shape index (κ2) is 6.31. The molecule has 0 atom stereocenters. The van der Waals surface area contributed by atoms with E-state index in [4.69, 9.17) is 0 Å². The lowest BCUT2D eigenvalue weighted by Crippen LogP contribution is -2.31. The second-order valence-corrected chi connectivity index (χ2v) is 6.28. The van der Waals surface area contributed by atoms with Crippen molar-refractivity contribution in [2.75, 3.05) is 7.05 Å². The molecule has 18 heavy (non-hydrogen) atoms. The van der Waals surface area contributed by atoms with Crippen molar-refractivity contribution in [3.63, 3.8) is 0 Å². The van der Waals surface area contributed by atoms with Gasteiger partial charge in [-0.15, -0.1) is 0 Å². The van der Waals surface area contributed by atoms with E-state index in [-0.39, 0.29) is 6.04 Å². The number of sulfonamides is 1. The van der Waals surface area contributed by atoms with Gasteiger partial charge < -0.3 is 5.32 Å². The molecule has 1 rings (SSSR count). The molecule has 1 aromatic carbocycles. The zero-order valence-corrected chi connectivity index (χ0v) is 12.3. The largest absolute Gasteiger partial charge is 0.316 e. The van der Waals surface area contributed by atoms with E-state index in [0.29, 0.717) is 17.9 Å². The van der Waals surface area contributed by atoms with Gasteiger partial charge in [0, 0.05) is 12.6 Å². The Hall–Kier alpha value is -0.910. The van der Waals surface area contributed by atoms with Crippen molar-refractivity contribution in [1.29, 1.82) is 0 Å². The summed E-state index contributed by atoms with van der Waals surface area (Å²) in [6.45, 7) is 6.26. The van der Waals surface area contributed by atoms with Crippen LogP contribution >= 0.6 is 0 Å². The minimum Gasteiger partial charge on any atom is -0.316 e. The molecule has 1 aromatic rings. The first-order valence-corrected chi connectivity index (χ1v) is 7.67. The van der Waals surface area contributed by atoms with Gasteiger partial charge in [0.1, 0.15) is 0 Å². The molecule has 5 heteroatoms. The molecule has 0 aliphatic heterocycles. The molecule has 0 amide bonds. The lowest BCUT2D eigenvalue weighted by Gasteiger charge is -2.14. The van der Waals surface area contributed by atoms with Crippen LogP contribution in [0, 0.1) is 0 Å². The summed E-state index contributed by atoms with van der Waals surface area (Å²) in [5.74, 6) is 0. The number of rotatable bonds is 6. The highest BCUT2D eigenvalue weighted by Gasteiger charge is 2.19. The van der Waals surface area contributed by atoms with Gasteiger partial charge in [-0.25, -0.2) is 13.1 Å². The summed E-state index contributed by atoms with van der Waals surface area (Å²) in [5, 5.41) is 3.03. The molecular weight excluding hydrogens is 248 g/mol. The summed E-state index contributed by atoms with van der Waals surface area (Å²) in [6.07, 6.45) is 0.703. The van der Waals surface area contributed by atoms with Crippen LogP contribution in [0.3, 0.4) is 0 Å². The lowest BCUT2D eigenvalue weighted by molar-refractivity contribution is 0.568. The van der Waals surface area contributed by atoms with Crippen molar-refractivity contribution in [1.82, 2.24) is 10.0 Å². The molecule has 0 bridgehead atoms. The summed E-state index contributed by atoms with van der Waals surface area (Å²) in [5.41, 5.74) is 1.82. The summed E-state index contributed by atoms with van der Waals surface area (Å²) in [6, 6.07) is 5.50. The monoisotopic (exact) mass is 270 g/mol. The maximum absolute atomic E-state index is 12.2. The van der Waals surface area contributed by atoms with Crippen LogP contribution < -0.4 is 10.0 Å². The summed E-state index contributed by atoms with van der Waals surface area (Å²) in [4.78, 5) is 0.395. The number of hydrogen-bond acceptors (Lipinski definition) is 3. The first-order chi connectivity index (χ1) is 8.40. The Kier molecular flexibility index (Phi) is 5.31. The molecular formula is C13H22N2O2S. The Labute approximate surface area is 110 Å². The van der Waals surface area contributed by atoms with Gasteiger partial charge >= 0.3 is 0 Å². The van der Waals surface area contributed by atoms with Crippen LogP contribution in [-0.4, -0.2) is 21.5 Å². The van der Waals surface area contributed by atoms with Crippen molar-refractivity contribution in [3.05, 3.63) is 29.3 Å². The van der Waals surface area contributed by atoms with Crippen molar-refractivity contribution in [2.24, 2.45) is 0 Å². The number of nitrogens with one attached hydrogen (secondary N) is 2. The maximum atomic E-state index is 12.2. The molecule has 0 heterocycles. The van der Waals surface area contributed by atoms with Gasteiger partial charge in [-0.3, -0.25) is 0 Å². The number of hydrogen-bond donors (Lipinski definition) is 2. The minimum atomic E-state index is -3.42. The predicted molar refractivity (Wildman–Crippen MR) is 74.0 cm³/mol. The first-order valence-electron chi connectivity index (χ1n) is 6.19. The fourth-order valence-electron chi connectivity index (χ4n) is 1.83. The van der Waals surface area contributed by atoms with Crippen LogP contribution in [0.4, 0.5) is 0 Å². The highest BCUT2D eigenvalue weighted by molar-refractivity contribution is 7.89. The quantitative estimate of drug-likeness (QED) is 0.826. The van der Waals surface area contributed by atoms with Crippen molar-refractivity contribution in [3.8, 4) is 0 Å². The second-order valence-electron chi connectivity index (χ2n) is 4.60. The molecule has 0 aliphatic carbocycles. The van der Waals surface area contributed by atoms with Crippen molar-refractivity contribution < 1.29 is 8.42 Å². The van der Waals surface area contributed by atoms with Gasteiger partial charge in [0.15, 0.2) is 0 Å². The SMILES string of the molecule is CCc1ccc(CNC)cc1S(=O)(=O)NC(C)C. The Balaban J connectivity index is 3.23. The molecule has 0 saturated heterocycles. The fraction of sp³-hybridized carbons (Fsp3) is 0.538. The van der Waals surface area contributed by atoms with E-state index in [1.54, 1.807) is 6.07 Å². The van der Waals surface area contributed by atoms with E-state index in [1.807, 2.05) is 40.0 Å². The number of aryl methyl sites for hydroxylation is 1. The molecule has 0 unspecified atom stereocenters. The van der Waals surface area contributed by atoms with Gasteiger partial charge in [0.25, 0.3) is 0 Å². The highest BCUT2D eigenvalue weighted by atomic mass is 32.2. The average Bonchev–Trinajstić information content (AvgIpc) is 2.27. The van der Waals surface area contributed by atoms with Gasteiger partial charge in [-0.05, 0) is 44.5 Å². The Morgan fingerprint density at radius 3 is 2.44 bits per heavy atom. The molecule has 102 valence electrons. The summed E-state index contributed by atoms with van der Waals surface area (Å²) >= 11 is 0. The molecule has 0 fully saturated rings. The average molecular weight is 270 g/mol. The smallest absolute Gasteiger partial charge is 0.241 e. The maximum Gasteiger partial charge on any atom is 0.241 e. The van der Waals surface area contributed by atoms with E-state index in [2.05, 4.69) is 10.0 Å². The van der Waals surface area contributed by atoms with Crippen LogP contribution in [0.25, 0.3) is 0 Å². The standard InChI is InChI=1S/C13H22N2O2S/c1-5-12-7-6-11(9-14-4)8-13(12)18(16,17)15-10(2)3/h6-8,10,14-15H,5,9H2,1-4H3. The minimum absolute atomic E-state index is 0.104. The van der Waals surface area contributed by atoms with Gasteiger partial charge in [0.2, 0.25) is 10.0 Å². The van der Waals surface area contributed by atoms with E-state index in [9.17, 15) is 8.42 Å². The van der Waals surface area contributed by atoms with Crippen molar-refractivity contribution >= 4 is 10.0 Å².